The molecule has 0 heterocycles. The van der Waals surface area contributed by atoms with Crippen molar-refractivity contribution in [2.75, 3.05) is 6.61 Å². The van der Waals surface area contributed by atoms with E-state index in [1.807, 2.05) is 0 Å². The summed E-state index contributed by atoms with van der Waals surface area (Å²) in [6, 6.07) is 0. The fourth-order valence-electron chi connectivity index (χ4n) is 1.34. The van der Waals surface area contributed by atoms with Gasteiger partial charge in [-0.25, -0.2) is 4.79 Å². The van der Waals surface area contributed by atoms with Gasteiger partial charge in [0, 0.05) is 0 Å². The van der Waals surface area contributed by atoms with E-state index >= 15 is 0 Å². The first-order chi connectivity index (χ1) is 8.70. The zero-order valence-corrected chi connectivity index (χ0v) is 10.9. The van der Waals surface area contributed by atoms with Gasteiger partial charge >= 0.3 is 18.5 Å². The van der Waals surface area contributed by atoms with Crippen molar-refractivity contribution in [1.82, 2.24) is 0 Å². The molecule has 0 aromatic heterocycles. The summed E-state index contributed by atoms with van der Waals surface area (Å²) >= 11 is 0. The lowest BCUT2D eigenvalue weighted by molar-refractivity contribution is -0.407. The van der Waals surface area contributed by atoms with Gasteiger partial charge in [-0.3, -0.25) is 0 Å². The molecule has 0 aromatic rings. The molecule has 4 nitrogen and oxygen atoms in total. The summed E-state index contributed by atoms with van der Waals surface area (Å²) in [6.45, 7) is 1.90. The molecular weight excluding hydrogens is 298 g/mol. The largest absolute Gasteiger partial charge is 0.508 e. The van der Waals surface area contributed by atoms with Gasteiger partial charge in [0.05, 0.1) is 6.61 Å². The number of halogens is 6. The summed E-state index contributed by atoms with van der Waals surface area (Å²) in [5.41, 5.74) is -8.55. The third-order valence-electron chi connectivity index (χ3n) is 2.45. The molecule has 0 atom stereocenters. The molecule has 120 valence electrons. The molecular formula is C10H14F6O4. The highest BCUT2D eigenvalue weighted by Gasteiger charge is 2.78. The topological polar surface area (TPSA) is 55.8 Å². The first-order valence-corrected chi connectivity index (χ1v) is 5.42. The van der Waals surface area contributed by atoms with E-state index in [0.717, 1.165) is 0 Å². The highest BCUT2D eigenvalue weighted by molar-refractivity contribution is 5.60. The summed E-state index contributed by atoms with van der Waals surface area (Å²) < 4.78 is 83.8. The Morgan fingerprint density at radius 1 is 1.05 bits per heavy atom. The van der Waals surface area contributed by atoms with Crippen molar-refractivity contribution in [3.05, 3.63) is 0 Å². The predicted octanol–water partition coefficient (Wildman–Crippen LogP) is 3.18. The van der Waals surface area contributed by atoms with Gasteiger partial charge in [0.15, 0.2) is 5.60 Å². The second-order valence-electron chi connectivity index (χ2n) is 4.42. The van der Waals surface area contributed by atoms with E-state index < -0.39 is 29.7 Å². The van der Waals surface area contributed by atoms with Crippen LogP contribution in [0.5, 0.6) is 0 Å². The molecule has 1 N–H and O–H groups in total. The van der Waals surface area contributed by atoms with E-state index in [2.05, 4.69) is 9.47 Å². The minimum Gasteiger partial charge on any atom is -0.434 e. The maximum atomic E-state index is 12.6. The Morgan fingerprint density at radius 2 is 1.45 bits per heavy atom. The van der Waals surface area contributed by atoms with Crippen molar-refractivity contribution in [1.29, 1.82) is 0 Å². The normalized spacial score (nSPS) is 14.1. The summed E-state index contributed by atoms with van der Waals surface area (Å²) in [6.07, 6.45) is -13.6. The van der Waals surface area contributed by atoms with Crippen LogP contribution in [0.1, 0.15) is 27.2 Å². The molecule has 0 aromatic carbocycles. The molecule has 0 amide bonds. The molecule has 0 aliphatic carbocycles. The van der Waals surface area contributed by atoms with Crippen LogP contribution in [0.3, 0.4) is 0 Å². The van der Waals surface area contributed by atoms with Gasteiger partial charge in [0.1, 0.15) is 0 Å². The maximum Gasteiger partial charge on any atom is 0.508 e. The fraction of sp³-hybridized carbons (Fsp3) is 0.900. The average Bonchev–Trinajstić information content (AvgIpc) is 2.21. The molecule has 0 saturated heterocycles. The van der Waals surface area contributed by atoms with Crippen LogP contribution < -0.4 is 0 Å². The standard InChI is InChI=1S/C10H14F6O4/c1-4-5-19-6(17)20-7(2,3)8(18,9(11,12)13)10(14,15)16/h18H,4-5H2,1-3H3. The number of hydrogen-bond acceptors (Lipinski definition) is 4. The molecule has 0 radical (unpaired) electrons. The second-order valence-corrected chi connectivity index (χ2v) is 4.42. The number of ether oxygens (including phenoxy) is 2. The van der Waals surface area contributed by atoms with Crippen LogP contribution in [0.2, 0.25) is 0 Å². The van der Waals surface area contributed by atoms with Crippen LogP contribution in [0.4, 0.5) is 31.1 Å². The first kappa shape index (κ1) is 18.8. The van der Waals surface area contributed by atoms with Crippen molar-refractivity contribution in [3.63, 3.8) is 0 Å². The molecule has 0 saturated carbocycles. The van der Waals surface area contributed by atoms with Crippen LogP contribution in [0.15, 0.2) is 0 Å². The smallest absolute Gasteiger partial charge is 0.434 e. The van der Waals surface area contributed by atoms with Crippen molar-refractivity contribution in [2.45, 2.75) is 50.7 Å². The van der Waals surface area contributed by atoms with Gasteiger partial charge in [-0.1, -0.05) is 6.92 Å². The molecule has 0 unspecified atom stereocenters. The molecule has 0 fully saturated rings. The molecule has 0 rings (SSSR count). The fourth-order valence-corrected chi connectivity index (χ4v) is 1.34. The van der Waals surface area contributed by atoms with Gasteiger partial charge in [-0.15, -0.1) is 0 Å². The van der Waals surface area contributed by atoms with Gasteiger partial charge in [0.2, 0.25) is 0 Å². The summed E-state index contributed by atoms with van der Waals surface area (Å²) in [4.78, 5) is 11.0. The van der Waals surface area contributed by atoms with Gasteiger partial charge in [-0.2, -0.15) is 26.3 Å². The molecule has 0 spiro atoms. The number of carbonyl (C=O) groups excluding carboxylic acids is 1. The maximum absolute atomic E-state index is 12.6. The lowest BCUT2D eigenvalue weighted by Gasteiger charge is -2.42. The third-order valence-corrected chi connectivity index (χ3v) is 2.45. The van der Waals surface area contributed by atoms with Gasteiger partial charge < -0.3 is 14.6 Å². The quantitative estimate of drug-likeness (QED) is 0.640. The summed E-state index contributed by atoms with van der Waals surface area (Å²) in [7, 11) is 0. The lowest BCUT2D eigenvalue weighted by Crippen LogP contribution is -2.69. The minimum atomic E-state index is -6.10. The number of carbonyl (C=O) groups is 1. The SMILES string of the molecule is CCCOC(=O)OC(C)(C)C(O)(C(F)(F)F)C(F)(F)F. The Morgan fingerprint density at radius 3 is 1.75 bits per heavy atom. The Kier molecular flexibility index (Phi) is 5.33. The van der Waals surface area contributed by atoms with Crippen LogP contribution in [0.25, 0.3) is 0 Å². The highest BCUT2D eigenvalue weighted by atomic mass is 19.4. The van der Waals surface area contributed by atoms with Crippen LogP contribution >= 0.6 is 0 Å². The molecule has 0 aliphatic heterocycles. The predicted molar refractivity (Wildman–Crippen MR) is 53.9 cm³/mol. The van der Waals surface area contributed by atoms with Crippen LogP contribution in [-0.2, 0) is 9.47 Å². The van der Waals surface area contributed by atoms with Crippen LogP contribution in [0, 0.1) is 0 Å². The summed E-state index contributed by atoms with van der Waals surface area (Å²) in [5, 5.41) is 9.10. The van der Waals surface area contributed by atoms with E-state index in [9.17, 15) is 31.1 Å². The van der Waals surface area contributed by atoms with Crippen molar-refractivity contribution >= 4 is 6.16 Å². The molecule has 0 bridgehead atoms. The zero-order valence-electron chi connectivity index (χ0n) is 10.9. The average molecular weight is 312 g/mol. The highest BCUT2D eigenvalue weighted by Crippen LogP contribution is 2.50. The second kappa shape index (κ2) is 5.66. The Hall–Kier alpha value is -1.19. The Bertz CT molecular complexity index is 333. The lowest BCUT2D eigenvalue weighted by atomic mass is 9.84. The zero-order chi connectivity index (χ0) is 16.4. The number of hydrogen-bond donors (Lipinski definition) is 1. The minimum absolute atomic E-state index is 0.245. The third kappa shape index (κ3) is 3.47. The number of aliphatic hydroxyl groups is 1. The Balaban J connectivity index is 5.43. The first-order valence-electron chi connectivity index (χ1n) is 5.42. The van der Waals surface area contributed by atoms with E-state index in [1.165, 1.54) is 0 Å². The van der Waals surface area contributed by atoms with Gasteiger partial charge in [0.25, 0.3) is 5.60 Å². The summed E-state index contributed by atoms with van der Waals surface area (Å²) in [5.74, 6) is 0. The van der Waals surface area contributed by atoms with E-state index in [4.69, 9.17) is 5.11 Å². The van der Waals surface area contributed by atoms with Crippen molar-refractivity contribution in [2.24, 2.45) is 0 Å². The van der Waals surface area contributed by atoms with Crippen LogP contribution in [-0.4, -0.2) is 41.4 Å². The van der Waals surface area contributed by atoms with Crippen molar-refractivity contribution in [3.8, 4) is 0 Å². The van der Waals surface area contributed by atoms with E-state index in [0.29, 0.717) is 20.3 Å². The Labute approximate surface area is 110 Å². The molecule has 0 aliphatic rings. The van der Waals surface area contributed by atoms with Gasteiger partial charge in [-0.05, 0) is 20.3 Å². The monoisotopic (exact) mass is 312 g/mol. The van der Waals surface area contributed by atoms with Crippen molar-refractivity contribution < 1.29 is 45.7 Å². The molecule has 20 heavy (non-hydrogen) atoms. The molecule has 10 heteroatoms. The number of alkyl halides is 6. The van der Waals surface area contributed by atoms with E-state index in [-0.39, 0.29) is 6.61 Å². The van der Waals surface area contributed by atoms with E-state index in [1.54, 1.807) is 6.92 Å². The number of rotatable bonds is 4.